The Morgan fingerprint density at radius 2 is 2.05 bits per heavy atom. The van der Waals surface area contributed by atoms with Crippen LogP contribution in [0.3, 0.4) is 0 Å². The monoisotopic (exact) mass is 348 g/mol. The van der Waals surface area contributed by atoms with Crippen molar-refractivity contribution in [3.8, 4) is 0 Å². The van der Waals surface area contributed by atoms with E-state index >= 15 is 0 Å². The molecule has 3 saturated carbocycles. The number of aromatic nitrogens is 1. The molecule has 3 heteroatoms. The molecule has 5 atom stereocenters. The zero-order valence-electron chi connectivity index (χ0n) is 12.8. The molecule has 1 heterocycles. The summed E-state index contributed by atoms with van der Waals surface area (Å²) in [6.45, 7) is 3.41. The molecule has 2 bridgehead atoms. The Labute approximate surface area is 136 Å². The molecule has 0 radical (unpaired) electrons. The Balaban J connectivity index is 1.46. The predicted octanol–water partition coefficient (Wildman–Crippen LogP) is 4.05. The van der Waals surface area contributed by atoms with E-state index < -0.39 is 0 Å². The maximum absolute atomic E-state index is 4.60. The molecule has 3 aliphatic rings. The minimum atomic E-state index is 0.650. The number of nitrogens with one attached hydrogen (secondary N) is 1. The van der Waals surface area contributed by atoms with Crippen molar-refractivity contribution in [2.45, 2.75) is 45.1 Å². The van der Waals surface area contributed by atoms with Crippen LogP contribution in [0.2, 0.25) is 0 Å². The highest BCUT2D eigenvalue weighted by molar-refractivity contribution is 9.10. The summed E-state index contributed by atoms with van der Waals surface area (Å²) < 4.78 is 1.07. The third-order valence-electron chi connectivity index (χ3n) is 6.13. The lowest BCUT2D eigenvalue weighted by Crippen LogP contribution is -2.36. The van der Waals surface area contributed by atoms with E-state index in [1.165, 1.54) is 25.0 Å². The second-order valence-electron chi connectivity index (χ2n) is 7.30. The van der Waals surface area contributed by atoms with Gasteiger partial charge in [-0.2, -0.15) is 0 Å². The highest BCUT2D eigenvalue weighted by Crippen LogP contribution is 2.70. The van der Waals surface area contributed by atoms with E-state index in [1.807, 2.05) is 6.20 Å². The van der Waals surface area contributed by atoms with Crippen molar-refractivity contribution in [3.63, 3.8) is 0 Å². The Hall–Kier alpha value is -0.410. The molecule has 3 aliphatic carbocycles. The lowest BCUT2D eigenvalue weighted by molar-refractivity contribution is 0.359. The van der Waals surface area contributed by atoms with Crippen molar-refractivity contribution in [1.29, 1.82) is 0 Å². The van der Waals surface area contributed by atoms with E-state index in [-0.39, 0.29) is 0 Å². The molecular formula is C18H25BrN2. The maximum Gasteiger partial charge on any atom is 0.0420 e. The van der Waals surface area contributed by atoms with Gasteiger partial charge in [-0.15, -0.1) is 0 Å². The fraction of sp³-hybridized carbons (Fsp3) is 0.722. The summed E-state index contributed by atoms with van der Waals surface area (Å²) in [6, 6.07) is 4.95. The minimum absolute atomic E-state index is 0.650. The first-order valence-electron chi connectivity index (χ1n) is 8.61. The lowest BCUT2D eigenvalue weighted by Gasteiger charge is -2.21. The van der Waals surface area contributed by atoms with Crippen LogP contribution in [-0.4, -0.2) is 17.6 Å². The molecule has 4 rings (SSSR count). The molecule has 5 unspecified atom stereocenters. The zero-order valence-corrected chi connectivity index (χ0v) is 14.3. The predicted molar refractivity (Wildman–Crippen MR) is 89.0 cm³/mol. The van der Waals surface area contributed by atoms with Crippen LogP contribution in [0.15, 0.2) is 22.8 Å². The summed E-state index contributed by atoms with van der Waals surface area (Å²) >= 11 is 3.48. The molecular weight excluding hydrogens is 324 g/mol. The first kappa shape index (κ1) is 14.2. The van der Waals surface area contributed by atoms with Gasteiger partial charge in [0.1, 0.15) is 0 Å². The molecule has 0 saturated heterocycles. The number of hydrogen-bond acceptors (Lipinski definition) is 2. The van der Waals surface area contributed by atoms with Crippen molar-refractivity contribution >= 4 is 15.9 Å². The largest absolute Gasteiger partial charge is 0.313 e. The van der Waals surface area contributed by atoms with Crippen LogP contribution in [0.1, 0.15) is 38.3 Å². The third kappa shape index (κ3) is 2.57. The summed E-state index contributed by atoms with van der Waals surface area (Å²) in [7, 11) is 0. The fourth-order valence-corrected chi connectivity index (χ4v) is 5.59. The fourth-order valence-electron chi connectivity index (χ4n) is 5.36. The van der Waals surface area contributed by atoms with Crippen LogP contribution < -0.4 is 5.32 Å². The van der Waals surface area contributed by atoms with Crippen LogP contribution in [0.5, 0.6) is 0 Å². The van der Waals surface area contributed by atoms with Gasteiger partial charge < -0.3 is 5.32 Å². The van der Waals surface area contributed by atoms with Gasteiger partial charge in [0.15, 0.2) is 0 Å². The van der Waals surface area contributed by atoms with Crippen molar-refractivity contribution in [3.05, 3.63) is 28.5 Å². The Bertz CT molecular complexity index is 484. The summed E-state index contributed by atoms with van der Waals surface area (Å²) in [6.07, 6.45) is 8.83. The van der Waals surface area contributed by atoms with E-state index in [2.05, 4.69) is 45.3 Å². The minimum Gasteiger partial charge on any atom is -0.313 e. The molecule has 0 aliphatic heterocycles. The van der Waals surface area contributed by atoms with Crippen molar-refractivity contribution < 1.29 is 0 Å². The summed E-state index contributed by atoms with van der Waals surface area (Å²) in [5.41, 5.74) is 1.24. The van der Waals surface area contributed by atoms with Gasteiger partial charge in [0, 0.05) is 28.8 Å². The number of rotatable bonds is 6. The summed E-state index contributed by atoms with van der Waals surface area (Å²) in [4.78, 5) is 4.60. The van der Waals surface area contributed by atoms with E-state index in [4.69, 9.17) is 0 Å². The molecule has 114 valence electrons. The first-order chi connectivity index (χ1) is 10.3. The van der Waals surface area contributed by atoms with Crippen molar-refractivity contribution in [2.24, 2.45) is 29.6 Å². The van der Waals surface area contributed by atoms with Crippen LogP contribution in [0, 0.1) is 29.6 Å². The van der Waals surface area contributed by atoms with E-state index in [0.717, 1.165) is 47.0 Å². The van der Waals surface area contributed by atoms with Gasteiger partial charge in [-0.25, -0.2) is 0 Å². The highest BCUT2D eigenvalue weighted by Gasteiger charge is 2.66. The van der Waals surface area contributed by atoms with E-state index in [0.29, 0.717) is 6.04 Å². The Morgan fingerprint density at radius 1 is 1.29 bits per heavy atom. The topological polar surface area (TPSA) is 24.9 Å². The second-order valence-corrected chi connectivity index (χ2v) is 8.21. The molecule has 0 spiro atoms. The molecule has 1 N–H and O–H groups in total. The van der Waals surface area contributed by atoms with Gasteiger partial charge in [-0.1, -0.05) is 6.92 Å². The van der Waals surface area contributed by atoms with Gasteiger partial charge in [0.05, 0.1) is 0 Å². The molecule has 2 nitrogen and oxygen atoms in total. The second kappa shape index (κ2) is 5.66. The van der Waals surface area contributed by atoms with Gasteiger partial charge in [0.2, 0.25) is 0 Å². The Kier molecular flexibility index (Phi) is 3.83. The molecule has 0 amide bonds. The molecule has 21 heavy (non-hydrogen) atoms. The van der Waals surface area contributed by atoms with Crippen LogP contribution >= 0.6 is 15.9 Å². The van der Waals surface area contributed by atoms with Gasteiger partial charge in [0.25, 0.3) is 0 Å². The third-order valence-corrected chi connectivity index (χ3v) is 6.60. The number of halogens is 1. The number of fused-ring (bicyclic) bond motifs is 5. The highest BCUT2D eigenvalue weighted by atomic mass is 79.9. The van der Waals surface area contributed by atoms with Crippen molar-refractivity contribution in [2.75, 3.05) is 6.54 Å². The van der Waals surface area contributed by atoms with Crippen LogP contribution in [-0.2, 0) is 6.42 Å². The number of pyridine rings is 1. The van der Waals surface area contributed by atoms with Crippen LogP contribution in [0.25, 0.3) is 0 Å². The van der Waals surface area contributed by atoms with Gasteiger partial charge in [-0.05, 0) is 89.9 Å². The molecule has 3 fully saturated rings. The van der Waals surface area contributed by atoms with Crippen LogP contribution in [0.4, 0.5) is 0 Å². The standard InChI is InChI=1S/C18H25BrN2/c1-2-7-20-15(9-14-6-5-13(19)10-21-14)18-16-11-3-4-12(8-11)17(16)18/h5-6,10-12,15-18,20H,2-4,7-9H2,1H3. The molecule has 0 aromatic carbocycles. The normalized spacial score (nSPS) is 37.5. The number of hydrogen-bond donors (Lipinski definition) is 1. The molecule has 1 aromatic heterocycles. The lowest BCUT2D eigenvalue weighted by atomic mass is 9.94. The number of nitrogens with zero attached hydrogens (tertiary/aromatic N) is 1. The van der Waals surface area contributed by atoms with Gasteiger partial charge in [-0.3, -0.25) is 4.98 Å². The van der Waals surface area contributed by atoms with Crippen molar-refractivity contribution in [1.82, 2.24) is 10.3 Å². The zero-order chi connectivity index (χ0) is 14.4. The molecule has 1 aromatic rings. The summed E-state index contributed by atoms with van der Waals surface area (Å²) in [5, 5.41) is 3.84. The summed E-state index contributed by atoms with van der Waals surface area (Å²) in [5.74, 6) is 5.16. The van der Waals surface area contributed by atoms with E-state index in [1.54, 1.807) is 6.42 Å². The first-order valence-corrected chi connectivity index (χ1v) is 9.41. The average Bonchev–Trinajstić information content (AvgIpc) is 2.92. The van der Waals surface area contributed by atoms with E-state index in [9.17, 15) is 0 Å². The average molecular weight is 349 g/mol. The maximum atomic E-state index is 4.60. The van der Waals surface area contributed by atoms with Gasteiger partial charge >= 0.3 is 0 Å². The quantitative estimate of drug-likeness (QED) is 0.838. The smallest absolute Gasteiger partial charge is 0.0420 e. The SMILES string of the molecule is CCCNC(Cc1ccc(Br)cn1)C1C2C3CCC(C3)C21. The Morgan fingerprint density at radius 3 is 2.67 bits per heavy atom.